The van der Waals surface area contributed by atoms with Crippen LogP contribution in [0.3, 0.4) is 0 Å². The predicted molar refractivity (Wildman–Crippen MR) is 93.9 cm³/mol. The molecule has 0 spiro atoms. The second-order valence-electron chi connectivity index (χ2n) is 5.07. The van der Waals surface area contributed by atoms with Crippen LogP contribution in [-0.4, -0.2) is 0 Å². The smallest absolute Gasteiger partial charge is 0.00785 e. The molecule has 0 aliphatic heterocycles. The molecule has 104 valence electrons. The van der Waals surface area contributed by atoms with E-state index in [0.29, 0.717) is 0 Å². The van der Waals surface area contributed by atoms with E-state index in [4.69, 9.17) is 0 Å². The van der Waals surface area contributed by atoms with E-state index < -0.39 is 0 Å². The molecular formula is C20H18S. The second kappa shape index (κ2) is 6.19. The van der Waals surface area contributed by atoms with E-state index in [-0.39, 0.29) is 0 Å². The van der Waals surface area contributed by atoms with Crippen LogP contribution in [0, 0.1) is 0 Å². The van der Waals surface area contributed by atoms with E-state index >= 15 is 0 Å². The van der Waals surface area contributed by atoms with Crippen LogP contribution in [0.2, 0.25) is 0 Å². The molecule has 0 amide bonds. The minimum atomic E-state index is 0.976. The van der Waals surface area contributed by atoms with Crippen LogP contribution < -0.4 is 0 Å². The van der Waals surface area contributed by atoms with E-state index in [9.17, 15) is 0 Å². The average Bonchev–Trinajstić information content (AvgIpc) is 2.56. The van der Waals surface area contributed by atoms with Gasteiger partial charge in [0.25, 0.3) is 0 Å². The van der Waals surface area contributed by atoms with Gasteiger partial charge >= 0.3 is 0 Å². The maximum atomic E-state index is 4.66. The van der Waals surface area contributed by atoms with Gasteiger partial charge in [-0.05, 0) is 40.3 Å². The summed E-state index contributed by atoms with van der Waals surface area (Å²) in [5, 5.41) is 0. The van der Waals surface area contributed by atoms with Crippen molar-refractivity contribution in [3.05, 3.63) is 78.4 Å². The highest BCUT2D eigenvalue weighted by Gasteiger charge is 2.13. The lowest BCUT2D eigenvalue weighted by Crippen LogP contribution is -1.94. The minimum Gasteiger partial charge on any atom is -0.143 e. The van der Waals surface area contributed by atoms with Gasteiger partial charge in [0, 0.05) is 4.90 Å². The van der Waals surface area contributed by atoms with Crippen molar-refractivity contribution in [1.82, 2.24) is 0 Å². The average molecular weight is 290 g/mol. The first kappa shape index (κ1) is 14.0. The number of rotatable bonds is 3. The number of hydrogen-bond donors (Lipinski definition) is 1. The highest BCUT2D eigenvalue weighted by atomic mass is 32.1. The quantitative estimate of drug-likeness (QED) is 0.573. The van der Waals surface area contributed by atoms with E-state index in [0.717, 1.165) is 11.3 Å². The van der Waals surface area contributed by atoms with E-state index in [1.807, 2.05) is 0 Å². The van der Waals surface area contributed by atoms with Gasteiger partial charge in [-0.15, -0.1) is 12.6 Å². The molecule has 3 rings (SSSR count). The first-order valence-corrected chi connectivity index (χ1v) is 7.71. The Balaban J connectivity index is 2.31. The van der Waals surface area contributed by atoms with Crippen LogP contribution in [0.5, 0.6) is 0 Å². The fourth-order valence-corrected chi connectivity index (χ4v) is 3.13. The maximum Gasteiger partial charge on any atom is 0.00785 e. The van der Waals surface area contributed by atoms with Crippen molar-refractivity contribution in [3.63, 3.8) is 0 Å². The summed E-state index contributed by atoms with van der Waals surface area (Å²) in [7, 11) is 0. The van der Waals surface area contributed by atoms with E-state index in [1.165, 1.54) is 27.8 Å². The molecule has 3 aromatic carbocycles. The van der Waals surface area contributed by atoms with Crippen LogP contribution in [0.1, 0.15) is 12.5 Å². The molecule has 0 saturated carbocycles. The Hall–Kier alpha value is -1.99. The Bertz CT molecular complexity index is 731. The maximum absolute atomic E-state index is 4.66. The monoisotopic (exact) mass is 290 g/mol. The van der Waals surface area contributed by atoms with Gasteiger partial charge in [0.15, 0.2) is 0 Å². The second-order valence-corrected chi connectivity index (χ2v) is 5.55. The molecule has 21 heavy (non-hydrogen) atoms. The molecule has 0 radical (unpaired) electrons. The molecule has 0 bridgehead atoms. The van der Waals surface area contributed by atoms with Crippen LogP contribution in [0.15, 0.2) is 77.7 Å². The summed E-state index contributed by atoms with van der Waals surface area (Å²) in [6, 6.07) is 25.4. The molecule has 0 heterocycles. The van der Waals surface area contributed by atoms with Gasteiger partial charge in [-0.2, -0.15) is 0 Å². The highest BCUT2D eigenvalue weighted by Crippen LogP contribution is 2.37. The molecule has 0 fully saturated rings. The first-order valence-electron chi connectivity index (χ1n) is 7.27. The molecule has 0 aliphatic rings. The fraction of sp³-hybridized carbons (Fsp3) is 0.100. The van der Waals surface area contributed by atoms with Gasteiger partial charge in [-0.1, -0.05) is 73.7 Å². The highest BCUT2D eigenvalue weighted by molar-refractivity contribution is 7.80. The van der Waals surface area contributed by atoms with Gasteiger partial charge in [-0.25, -0.2) is 0 Å². The van der Waals surface area contributed by atoms with Crippen molar-refractivity contribution in [2.45, 2.75) is 18.2 Å². The number of benzene rings is 3. The van der Waals surface area contributed by atoms with Gasteiger partial charge < -0.3 is 0 Å². The SMILES string of the molecule is CCc1c(S)ccc(-c2ccccc2)c1-c1ccccc1. The zero-order valence-corrected chi connectivity index (χ0v) is 13.0. The minimum absolute atomic E-state index is 0.976. The van der Waals surface area contributed by atoms with E-state index in [1.54, 1.807) is 0 Å². The summed E-state index contributed by atoms with van der Waals surface area (Å²) >= 11 is 4.66. The molecule has 3 aromatic rings. The van der Waals surface area contributed by atoms with Crippen molar-refractivity contribution in [2.24, 2.45) is 0 Å². The third-order valence-corrected chi connectivity index (χ3v) is 4.21. The van der Waals surface area contributed by atoms with Crippen molar-refractivity contribution in [1.29, 1.82) is 0 Å². The third-order valence-electron chi connectivity index (χ3n) is 3.79. The number of thiol groups is 1. The van der Waals surface area contributed by atoms with Gasteiger partial charge in [0.05, 0.1) is 0 Å². The Morgan fingerprint density at radius 3 is 1.86 bits per heavy atom. The summed E-state index contributed by atoms with van der Waals surface area (Å²) in [5.41, 5.74) is 6.39. The summed E-state index contributed by atoms with van der Waals surface area (Å²) in [4.78, 5) is 1.07. The zero-order valence-electron chi connectivity index (χ0n) is 12.1. The van der Waals surface area contributed by atoms with Crippen LogP contribution >= 0.6 is 12.6 Å². The molecule has 0 N–H and O–H groups in total. The van der Waals surface area contributed by atoms with Crippen LogP contribution in [0.25, 0.3) is 22.3 Å². The molecule has 0 aromatic heterocycles. The van der Waals surface area contributed by atoms with E-state index in [2.05, 4.69) is 92.3 Å². The summed E-state index contributed by atoms with van der Waals surface area (Å²) in [6.07, 6.45) is 0.976. The lowest BCUT2D eigenvalue weighted by Gasteiger charge is -2.17. The summed E-state index contributed by atoms with van der Waals surface area (Å²) < 4.78 is 0. The lowest BCUT2D eigenvalue weighted by atomic mass is 9.89. The fourth-order valence-electron chi connectivity index (χ4n) is 2.79. The summed E-state index contributed by atoms with van der Waals surface area (Å²) in [5.74, 6) is 0. The van der Waals surface area contributed by atoms with Gasteiger partial charge in [0.1, 0.15) is 0 Å². The zero-order chi connectivity index (χ0) is 14.7. The first-order chi connectivity index (χ1) is 10.3. The normalized spacial score (nSPS) is 10.6. The Morgan fingerprint density at radius 2 is 1.29 bits per heavy atom. The molecule has 0 saturated heterocycles. The van der Waals surface area contributed by atoms with Gasteiger partial charge in [0.2, 0.25) is 0 Å². The topological polar surface area (TPSA) is 0 Å². The molecule has 0 nitrogen and oxygen atoms in total. The standard InChI is InChI=1S/C20H18S/c1-2-17-19(21)14-13-18(15-9-5-3-6-10-15)20(17)16-11-7-4-8-12-16/h3-14,21H,2H2,1H3. The molecule has 0 atom stereocenters. The number of hydrogen-bond acceptors (Lipinski definition) is 1. The Kier molecular flexibility index (Phi) is 4.12. The Labute approximate surface area is 131 Å². The van der Waals surface area contributed by atoms with Crippen molar-refractivity contribution in [2.75, 3.05) is 0 Å². The predicted octanol–water partition coefficient (Wildman–Crippen LogP) is 5.87. The van der Waals surface area contributed by atoms with Crippen molar-refractivity contribution < 1.29 is 0 Å². The van der Waals surface area contributed by atoms with Crippen LogP contribution in [-0.2, 0) is 6.42 Å². The Morgan fingerprint density at radius 1 is 0.714 bits per heavy atom. The van der Waals surface area contributed by atoms with Gasteiger partial charge in [-0.3, -0.25) is 0 Å². The molecule has 0 aliphatic carbocycles. The molecular weight excluding hydrogens is 272 g/mol. The lowest BCUT2D eigenvalue weighted by molar-refractivity contribution is 1.09. The van der Waals surface area contributed by atoms with Crippen molar-refractivity contribution in [3.8, 4) is 22.3 Å². The van der Waals surface area contributed by atoms with Crippen LogP contribution in [0.4, 0.5) is 0 Å². The largest absolute Gasteiger partial charge is 0.143 e. The van der Waals surface area contributed by atoms with Crippen molar-refractivity contribution >= 4 is 12.6 Å². The molecule has 1 heteroatoms. The third kappa shape index (κ3) is 2.74. The summed E-state index contributed by atoms with van der Waals surface area (Å²) in [6.45, 7) is 2.19. The molecule has 0 unspecified atom stereocenters.